The smallest absolute Gasteiger partial charge is 0.308 e. The van der Waals surface area contributed by atoms with Crippen molar-refractivity contribution in [3.63, 3.8) is 0 Å². The number of ether oxygens (including phenoxy) is 2. The Morgan fingerprint density at radius 2 is 1.59 bits per heavy atom. The zero-order valence-electron chi connectivity index (χ0n) is 26.2. The van der Waals surface area contributed by atoms with Crippen molar-refractivity contribution in [2.75, 3.05) is 0 Å². The Labute approximate surface area is 239 Å². The summed E-state index contributed by atoms with van der Waals surface area (Å²) in [5, 5.41) is 0. The fourth-order valence-electron chi connectivity index (χ4n) is 10.5. The standard InChI is InChI=1S/C35H58O4/c1-8-22(2)32(37)38-26-17-19-34(6)25(21-26)12-13-27-29-15-14-28(35(29,7)20-18-30(27)34)23(3)9-16-31(36)39-33(4,5)24-10-11-24/h22-30H,8-21H2,1-7H3/t22?,23?,25?,26?,27?,28?,29?,30?,34-,35+/m0/s1. The Morgan fingerprint density at radius 1 is 0.897 bits per heavy atom. The lowest BCUT2D eigenvalue weighted by Gasteiger charge is -2.61. The van der Waals surface area contributed by atoms with E-state index in [2.05, 4.69) is 41.5 Å². The number of carbonyl (C=O) groups excluding carboxylic acids is 2. The van der Waals surface area contributed by atoms with Gasteiger partial charge in [-0.05, 0) is 150 Å². The second kappa shape index (κ2) is 11.0. The zero-order chi connectivity index (χ0) is 28.2. The third-order valence-electron chi connectivity index (χ3n) is 13.4. The van der Waals surface area contributed by atoms with Crippen molar-refractivity contribution < 1.29 is 19.1 Å². The molecule has 39 heavy (non-hydrogen) atoms. The van der Waals surface area contributed by atoms with Crippen molar-refractivity contribution >= 4 is 11.9 Å². The van der Waals surface area contributed by atoms with Gasteiger partial charge in [-0.2, -0.15) is 0 Å². The first-order valence-electron chi connectivity index (χ1n) is 16.8. The molecule has 0 aliphatic heterocycles. The summed E-state index contributed by atoms with van der Waals surface area (Å²) >= 11 is 0. The molecule has 4 nitrogen and oxygen atoms in total. The second-order valence-corrected chi connectivity index (χ2v) is 15.9. The molecule has 8 unspecified atom stereocenters. The molecule has 222 valence electrons. The van der Waals surface area contributed by atoms with Gasteiger partial charge in [-0.1, -0.05) is 34.6 Å². The van der Waals surface area contributed by atoms with E-state index >= 15 is 0 Å². The van der Waals surface area contributed by atoms with E-state index in [0.29, 0.717) is 35.0 Å². The van der Waals surface area contributed by atoms with Gasteiger partial charge in [-0.15, -0.1) is 0 Å². The Kier molecular flexibility index (Phi) is 8.28. The van der Waals surface area contributed by atoms with Gasteiger partial charge in [0.1, 0.15) is 11.7 Å². The van der Waals surface area contributed by atoms with Gasteiger partial charge in [-0.3, -0.25) is 9.59 Å². The Morgan fingerprint density at radius 3 is 2.28 bits per heavy atom. The molecule has 0 radical (unpaired) electrons. The van der Waals surface area contributed by atoms with Crippen LogP contribution in [0, 0.1) is 58.2 Å². The quantitative estimate of drug-likeness (QED) is 0.273. The highest BCUT2D eigenvalue weighted by Crippen LogP contribution is 2.68. The SMILES string of the molecule is CCC(C)C(=O)OC1CC[C@@]2(C)C(CCC3C4CCC(C(C)CCC(=O)OC(C)(C)C5CC5)[C@@]4(C)CCC32)C1. The van der Waals surface area contributed by atoms with Crippen LogP contribution in [0.25, 0.3) is 0 Å². The molecule has 0 aromatic rings. The van der Waals surface area contributed by atoms with Gasteiger partial charge in [0.25, 0.3) is 0 Å². The lowest BCUT2D eigenvalue weighted by molar-refractivity contribution is -0.166. The van der Waals surface area contributed by atoms with Gasteiger partial charge in [0, 0.05) is 6.42 Å². The Hall–Kier alpha value is -1.06. The first kappa shape index (κ1) is 29.4. The van der Waals surface area contributed by atoms with E-state index in [1.165, 1.54) is 57.8 Å². The highest BCUT2D eigenvalue weighted by atomic mass is 16.6. The molecule has 0 aromatic carbocycles. The van der Waals surface area contributed by atoms with Crippen LogP contribution < -0.4 is 0 Å². The first-order valence-corrected chi connectivity index (χ1v) is 16.8. The summed E-state index contributed by atoms with van der Waals surface area (Å²) in [6.45, 7) is 15.9. The normalized spacial score (nSPS) is 41.5. The van der Waals surface area contributed by atoms with E-state index in [1.54, 1.807) is 0 Å². The van der Waals surface area contributed by atoms with E-state index in [4.69, 9.17) is 9.47 Å². The third-order valence-corrected chi connectivity index (χ3v) is 13.4. The van der Waals surface area contributed by atoms with Crippen LogP contribution in [0.1, 0.15) is 138 Å². The molecule has 5 saturated carbocycles. The van der Waals surface area contributed by atoms with E-state index in [1.807, 2.05) is 6.92 Å². The average molecular weight is 543 g/mol. The minimum atomic E-state index is -0.285. The molecule has 0 heterocycles. The molecule has 5 rings (SSSR count). The Bertz CT molecular complexity index is 906. The van der Waals surface area contributed by atoms with Crippen LogP contribution in [-0.2, 0) is 19.1 Å². The maximum Gasteiger partial charge on any atom is 0.308 e. The average Bonchev–Trinajstić information content (AvgIpc) is 3.69. The van der Waals surface area contributed by atoms with Gasteiger partial charge in [0.15, 0.2) is 0 Å². The summed E-state index contributed by atoms with van der Waals surface area (Å²) in [6, 6.07) is 0. The molecular weight excluding hydrogens is 484 g/mol. The molecular formula is C35H58O4. The first-order chi connectivity index (χ1) is 18.4. The lowest BCUT2D eigenvalue weighted by atomic mass is 9.44. The molecule has 4 heteroatoms. The highest BCUT2D eigenvalue weighted by molar-refractivity contribution is 5.72. The number of hydrogen-bond donors (Lipinski definition) is 0. The summed E-state index contributed by atoms with van der Waals surface area (Å²) in [5.74, 6) is 5.14. The summed E-state index contributed by atoms with van der Waals surface area (Å²) in [6.07, 6.45) is 16.4. The molecule has 0 bridgehead atoms. The fourth-order valence-corrected chi connectivity index (χ4v) is 10.5. The van der Waals surface area contributed by atoms with Crippen LogP contribution in [0.2, 0.25) is 0 Å². The molecule has 0 spiro atoms. The minimum absolute atomic E-state index is 0.0128. The maximum absolute atomic E-state index is 12.7. The third kappa shape index (κ3) is 5.57. The summed E-state index contributed by atoms with van der Waals surface area (Å²) in [5.41, 5.74) is 0.544. The largest absolute Gasteiger partial charge is 0.462 e. The van der Waals surface area contributed by atoms with Gasteiger partial charge >= 0.3 is 11.9 Å². The zero-order valence-corrected chi connectivity index (χ0v) is 26.2. The van der Waals surface area contributed by atoms with E-state index < -0.39 is 0 Å². The molecule has 5 fully saturated rings. The van der Waals surface area contributed by atoms with Gasteiger partial charge in [0.05, 0.1) is 5.92 Å². The lowest BCUT2D eigenvalue weighted by Crippen LogP contribution is -2.54. The van der Waals surface area contributed by atoms with Crippen LogP contribution in [0.5, 0.6) is 0 Å². The predicted octanol–water partition coefficient (Wildman–Crippen LogP) is 8.75. The highest BCUT2D eigenvalue weighted by Gasteiger charge is 2.60. The molecule has 10 atom stereocenters. The van der Waals surface area contributed by atoms with Crippen LogP contribution in [0.15, 0.2) is 0 Å². The number of carbonyl (C=O) groups is 2. The molecule has 5 aliphatic rings. The van der Waals surface area contributed by atoms with Crippen LogP contribution in [0.3, 0.4) is 0 Å². The van der Waals surface area contributed by atoms with Crippen LogP contribution in [-0.4, -0.2) is 23.6 Å². The predicted molar refractivity (Wildman–Crippen MR) is 156 cm³/mol. The van der Waals surface area contributed by atoms with Gasteiger partial charge in [-0.25, -0.2) is 0 Å². The van der Waals surface area contributed by atoms with Crippen molar-refractivity contribution in [1.82, 2.24) is 0 Å². The number of hydrogen-bond acceptors (Lipinski definition) is 4. The molecule has 0 aromatic heterocycles. The van der Waals surface area contributed by atoms with Crippen molar-refractivity contribution in [3.8, 4) is 0 Å². The van der Waals surface area contributed by atoms with Gasteiger partial charge < -0.3 is 9.47 Å². The second-order valence-electron chi connectivity index (χ2n) is 15.9. The molecule has 5 aliphatic carbocycles. The molecule has 0 amide bonds. The maximum atomic E-state index is 12.7. The number of fused-ring (bicyclic) bond motifs is 5. The van der Waals surface area contributed by atoms with E-state index in [0.717, 1.165) is 49.4 Å². The molecule has 0 saturated heterocycles. The summed E-state index contributed by atoms with van der Waals surface area (Å²) in [4.78, 5) is 25.2. The van der Waals surface area contributed by atoms with Crippen molar-refractivity contribution in [1.29, 1.82) is 0 Å². The van der Waals surface area contributed by atoms with Crippen LogP contribution >= 0.6 is 0 Å². The van der Waals surface area contributed by atoms with Crippen molar-refractivity contribution in [3.05, 3.63) is 0 Å². The number of esters is 2. The topological polar surface area (TPSA) is 52.6 Å². The van der Waals surface area contributed by atoms with Crippen LogP contribution in [0.4, 0.5) is 0 Å². The van der Waals surface area contributed by atoms with E-state index in [-0.39, 0.29) is 29.6 Å². The Balaban J connectivity index is 1.18. The monoisotopic (exact) mass is 542 g/mol. The van der Waals surface area contributed by atoms with E-state index in [9.17, 15) is 9.59 Å². The molecule has 0 N–H and O–H groups in total. The van der Waals surface area contributed by atoms with Crippen molar-refractivity contribution in [2.45, 2.75) is 150 Å². The minimum Gasteiger partial charge on any atom is -0.462 e. The van der Waals surface area contributed by atoms with Gasteiger partial charge in [0.2, 0.25) is 0 Å². The summed E-state index contributed by atoms with van der Waals surface area (Å²) in [7, 11) is 0. The van der Waals surface area contributed by atoms with Crippen molar-refractivity contribution in [2.24, 2.45) is 58.2 Å². The summed E-state index contributed by atoms with van der Waals surface area (Å²) < 4.78 is 11.9. The fraction of sp³-hybridized carbons (Fsp3) is 0.943. The number of rotatable bonds is 9.